The summed E-state index contributed by atoms with van der Waals surface area (Å²) in [7, 11) is 0. The monoisotopic (exact) mass is 527 g/mol. The van der Waals surface area contributed by atoms with Crippen molar-refractivity contribution in [2.24, 2.45) is 0 Å². The summed E-state index contributed by atoms with van der Waals surface area (Å²) < 4.78 is 10.9. The predicted octanol–water partition coefficient (Wildman–Crippen LogP) is 5.97. The number of carbonyl (C=O) groups is 3. The van der Waals surface area contributed by atoms with E-state index in [1.807, 2.05) is 38.1 Å². The smallest absolute Gasteiger partial charge is 0.338 e. The second-order valence-electron chi connectivity index (χ2n) is 9.86. The third kappa shape index (κ3) is 6.20. The highest BCUT2D eigenvalue weighted by molar-refractivity contribution is 6.46. The Kier molecular flexibility index (Phi) is 8.49. The second kappa shape index (κ2) is 12.0. The van der Waals surface area contributed by atoms with Gasteiger partial charge in [-0.05, 0) is 74.7 Å². The minimum absolute atomic E-state index is 0.0324. The average Bonchev–Trinajstić information content (AvgIpc) is 3.16. The van der Waals surface area contributed by atoms with Crippen LogP contribution in [0.4, 0.5) is 0 Å². The van der Waals surface area contributed by atoms with E-state index in [-0.39, 0.29) is 24.0 Å². The van der Waals surface area contributed by atoms with Gasteiger partial charge in [0.1, 0.15) is 11.5 Å². The van der Waals surface area contributed by atoms with Gasteiger partial charge in [-0.15, -0.1) is 0 Å². The highest BCUT2D eigenvalue weighted by atomic mass is 16.5. The number of hydrogen-bond acceptors (Lipinski definition) is 6. The zero-order valence-electron chi connectivity index (χ0n) is 22.6. The fraction of sp³-hybridized carbons (Fsp3) is 0.281. The van der Waals surface area contributed by atoms with Gasteiger partial charge in [-0.3, -0.25) is 9.59 Å². The van der Waals surface area contributed by atoms with E-state index in [0.29, 0.717) is 23.5 Å². The molecule has 1 saturated heterocycles. The Morgan fingerprint density at radius 1 is 0.974 bits per heavy atom. The van der Waals surface area contributed by atoms with Crippen molar-refractivity contribution in [2.45, 2.75) is 52.8 Å². The summed E-state index contributed by atoms with van der Waals surface area (Å²) in [4.78, 5) is 40.4. The van der Waals surface area contributed by atoms with Crippen LogP contribution in [-0.2, 0) is 20.9 Å². The molecule has 0 radical (unpaired) electrons. The predicted molar refractivity (Wildman–Crippen MR) is 148 cm³/mol. The lowest BCUT2D eigenvalue weighted by Crippen LogP contribution is -2.29. The summed E-state index contributed by atoms with van der Waals surface area (Å²) in [5, 5.41) is 11.3. The van der Waals surface area contributed by atoms with Crippen molar-refractivity contribution < 1.29 is 29.0 Å². The van der Waals surface area contributed by atoms with Gasteiger partial charge in [0.25, 0.3) is 11.7 Å². The maximum atomic E-state index is 13.3. The topological polar surface area (TPSA) is 93.1 Å². The first-order valence-electron chi connectivity index (χ1n) is 13.1. The number of carbonyl (C=O) groups excluding carboxylic acids is 3. The van der Waals surface area contributed by atoms with Crippen molar-refractivity contribution in [1.29, 1.82) is 0 Å². The number of nitrogens with zero attached hydrogens (tertiary/aromatic N) is 1. The van der Waals surface area contributed by atoms with E-state index >= 15 is 0 Å². The zero-order valence-corrected chi connectivity index (χ0v) is 22.6. The van der Waals surface area contributed by atoms with E-state index in [4.69, 9.17) is 9.47 Å². The van der Waals surface area contributed by atoms with Crippen LogP contribution in [0.3, 0.4) is 0 Å². The molecule has 3 aromatic carbocycles. The standard InChI is InChI=1S/C32H33NO6/c1-5-17-38-26-15-13-23(14-16-26)29(34)27-28(25-8-6-7-21(4)18-25)33(31(36)30(27)35)19-22-9-11-24(12-10-22)32(37)39-20(2)3/h6-16,18,20,28,34H,5,17,19H2,1-4H3/b29-27+. The number of hydrogen-bond donors (Lipinski definition) is 1. The summed E-state index contributed by atoms with van der Waals surface area (Å²) in [5.41, 5.74) is 3.26. The van der Waals surface area contributed by atoms with Crippen LogP contribution in [0.5, 0.6) is 5.75 Å². The van der Waals surface area contributed by atoms with Gasteiger partial charge in [0.15, 0.2) is 0 Å². The Morgan fingerprint density at radius 2 is 1.64 bits per heavy atom. The first-order valence-corrected chi connectivity index (χ1v) is 13.1. The molecule has 0 saturated carbocycles. The van der Waals surface area contributed by atoms with Gasteiger partial charge in [0.2, 0.25) is 0 Å². The van der Waals surface area contributed by atoms with Gasteiger partial charge in [-0.1, -0.05) is 48.9 Å². The van der Waals surface area contributed by atoms with Crippen LogP contribution >= 0.6 is 0 Å². The van der Waals surface area contributed by atoms with Crippen LogP contribution in [0.15, 0.2) is 78.4 Å². The van der Waals surface area contributed by atoms with E-state index in [1.165, 1.54) is 4.90 Å². The van der Waals surface area contributed by atoms with E-state index < -0.39 is 23.7 Å². The number of aliphatic hydroxyl groups is 1. The maximum absolute atomic E-state index is 13.3. The fourth-order valence-electron chi connectivity index (χ4n) is 4.54. The molecule has 7 heteroatoms. The van der Waals surface area contributed by atoms with Gasteiger partial charge in [0.05, 0.1) is 29.9 Å². The highest BCUT2D eigenvalue weighted by Crippen LogP contribution is 2.40. The van der Waals surface area contributed by atoms with E-state index in [1.54, 1.807) is 62.4 Å². The minimum atomic E-state index is -0.786. The number of amides is 1. The molecule has 39 heavy (non-hydrogen) atoms. The van der Waals surface area contributed by atoms with E-state index in [2.05, 4.69) is 0 Å². The molecule has 0 bridgehead atoms. The van der Waals surface area contributed by atoms with Crippen molar-refractivity contribution in [1.82, 2.24) is 4.90 Å². The molecule has 7 nitrogen and oxygen atoms in total. The van der Waals surface area contributed by atoms with Crippen LogP contribution < -0.4 is 4.74 Å². The normalized spacial score (nSPS) is 16.5. The Morgan fingerprint density at radius 3 is 2.26 bits per heavy atom. The first kappa shape index (κ1) is 27.6. The summed E-state index contributed by atoms with van der Waals surface area (Å²) in [6.07, 6.45) is 0.630. The second-order valence-corrected chi connectivity index (χ2v) is 9.86. The number of ketones is 1. The summed E-state index contributed by atoms with van der Waals surface area (Å²) >= 11 is 0. The van der Waals surface area contributed by atoms with Crippen molar-refractivity contribution in [2.75, 3.05) is 6.61 Å². The number of aliphatic hydroxyl groups excluding tert-OH is 1. The average molecular weight is 528 g/mol. The lowest BCUT2D eigenvalue weighted by atomic mass is 9.94. The third-order valence-corrected chi connectivity index (χ3v) is 6.38. The molecular formula is C32H33NO6. The van der Waals surface area contributed by atoms with Crippen LogP contribution in [-0.4, -0.2) is 40.4 Å². The number of benzene rings is 3. The highest BCUT2D eigenvalue weighted by Gasteiger charge is 2.46. The molecule has 1 amide bonds. The molecule has 1 aliphatic heterocycles. The zero-order chi connectivity index (χ0) is 28.1. The fourth-order valence-corrected chi connectivity index (χ4v) is 4.54. The molecule has 202 valence electrons. The molecule has 1 heterocycles. The van der Waals surface area contributed by atoms with Crippen LogP contribution in [0.1, 0.15) is 65.8 Å². The molecular weight excluding hydrogens is 494 g/mol. The number of rotatable bonds is 9. The number of Topliss-reactive ketones (excluding diaryl/α,β-unsaturated/α-hetero) is 1. The molecule has 0 spiro atoms. The Labute approximate surface area is 228 Å². The molecule has 0 aliphatic carbocycles. The molecule has 1 aliphatic rings. The van der Waals surface area contributed by atoms with Crippen molar-refractivity contribution >= 4 is 23.4 Å². The van der Waals surface area contributed by atoms with Crippen LogP contribution in [0.2, 0.25) is 0 Å². The Hall–Kier alpha value is -4.39. The lowest BCUT2D eigenvalue weighted by molar-refractivity contribution is -0.140. The number of ether oxygens (including phenoxy) is 2. The number of esters is 1. The van der Waals surface area contributed by atoms with Crippen molar-refractivity contribution in [3.63, 3.8) is 0 Å². The molecule has 1 fully saturated rings. The van der Waals surface area contributed by atoms with Crippen molar-refractivity contribution in [3.8, 4) is 5.75 Å². The molecule has 1 N–H and O–H groups in total. The Bertz CT molecular complexity index is 1390. The molecule has 3 aromatic rings. The van der Waals surface area contributed by atoms with Crippen LogP contribution in [0.25, 0.3) is 5.76 Å². The van der Waals surface area contributed by atoms with Crippen molar-refractivity contribution in [3.05, 3.63) is 106 Å². The SMILES string of the molecule is CCCOc1ccc(/C(O)=C2\C(=O)C(=O)N(Cc3ccc(C(=O)OC(C)C)cc3)C2c2cccc(C)c2)cc1. The molecule has 0 aromatic heterocycles. The van der Waals surface area contributed by atoms with Gasteiger partial charge < -0.3 is 19.5 Å². The molecule has 1 atom stereocenters. The lowest BCUT2D eigenvalue weighted by Gasteiger charge is -2.26. The largest absolute Gasteiger partial charge is 0.507 e. The van der Waals surface area contributed by atoms with Gasteiger partial charge >= 0.3 is 5.97 Å². The molecule has 1 unspecified atom stereocenters. The molecule has 4 rings (SSSR count). The summed E-state index contributed by atoms with van der Waals surface area (Å²) in [6.45, 7) is 8.19. The van der Waals surface area contributed by atoms with E-state index in [0.717, 1.165) is 23.1 Å². The summed E-state index contributed by atoms with van der Waals surface area (Å²) in [6, 6.07) is 20.3. The van der Waals surface area contributed by atoms with Gasteiger partial charge in [-0.2, -0.15) is 0 Å². The summed E-state index contributed by atoms with van der Waals surface area (Å²) in [5.74, 6) is -1.46. The third-order valence-electron chi connectivity index (χ3n) is 6.38. The number of aryl methyl sites for hydroxylation is 1. The minimum Gasteiger partial charge on any atom is -0.507 e. The maximum Gasteiger partial charge on any atom is 0.338 e. The first-order chi connectivity index (χ1) is 18.7. The van der Waals surface area contributed by atoms with Gasteiger partial charge in [0, 0.05) is 12.1 Å². The van der Waals surface area contributed by atoms with E-state index in [9.17, 15) is 19.5 Å². The Balaban J connectivity index is 1.71. The van der Waals surface area contributed by atoms with Crippen LogP contribution in [0, 0.1) is 6.92 Å². The quantitative estimate of drug-likeness (QED) is 0.159. The van der Waals surface area contributed by atoms with Gasteiger partial charge in [-0.25, -0.2) is 4.79 Å². The number of likely N-dealkylation sites (tertiary alicyclic amines) is 1.